The molecule has 2 rings (SSSR count). The zero-order chi connectivity index (χ0) is 15.9. The van der Waals surface area contributed by atoms with Gasteiger partial charge in [0.2, 0.25) is 0 Å². The second kappa shape index (κ2) is 7.68. The van der Waals surface area contributed by atoms with Crippen LogP contribution in [-0.2, 0) is 12.7 Å². The van der Waals surface area contributed by atoms with Crippen LogP contribution in [0.3, 0.4) is 0 Å². The van der Waals surface area contributed by atoms with E-state index in [1.54, 1.807) is 13.1 Å². The van der Waals surface area contributed by atoms with Crippen molar-refractivity contribution < 1.29 is 13.2 Å². The summed E-state index contributed by atoms with van der Waals surface area (Å²) in [7, 11) is 1.78. The standard InChI is InChI=1S/C12H11F3N4.C2H6/c1-16-6-9-4-10(19-7-18-9)8-2-3-11(17-5-8)12(13,14)15;1-2/h2-5,7,16H,6H2,1H3;1-2H3. The van der Waals surface area contributed by atoms with Gasteiger partial charge in [-0.15, -0.1) is 0 Å². The average Bonchev–Trinajstić information content (AvgIpc) is 2.49. The summed E-state index contributed by atoms with van der Waals surface area (Å²) in [5, 5.41) is 2.94. The summed E-state index contributed by atoms with van der Waals surface area (Å²) in [6.07, 6.45) is -1.89. The van der Waals surface area contributed by atoms with Gasteiger partial charge >= 0.3 is 6.18 Å². The molecule has 0 radical (unpaired) electrons. The highest BCUT2D eigenvalue weighted by Crippen LogP contribution is 2.28. The number of pyridine rings is 1. The molecular formula is C14H17F3N4. The van der Waals surface area contributed by atoms with Crippen LogP contribution >= 0.6 is 0 Å². The van der Waals surface area contributed by atoms with E-state index in [9.17, 15) is 13.2 Å². The molecule has 4 nitrogen and oxygen atoms in total. The van der Waals surface area contributed by atoms with E-state index in [1.807, 2.05) is 13.8 Å². The number of alkyl halides is 3. The smallest absolute Gasteiger partial charge is 0.314 e. The number of aromatic nitrogens is 3. The van der Waals surface area contributed by atoms with Crippen molar-refractivity contribution in [2.45, 2.75) is 26.6 Å². The Bertz CT molecular complexity index is 553. The summed E-state index contributed by atoms with van der Waals surface area (Å²) >= 11 is 0. The Morgan fingerprint density at radius 3 is 2.33 bits per heavy atom. The van der Waals surface area contributed by atoms with E-state index in [4.69, 9.17) is 0 Å². The predicted octanol–water partition coefficient (Wildman–Crippen LogP) is 3.30. The number of halogens is 3. The van der Waals surface area contributed by atoms with Crippen LogP contribution in [0, 0.1) is 0 Å². The lowest BCUT2D eigenvalue weighted by Crippen LogP contribution is -2.08. The highest BCUT2D eigenvalue weighted by atomic mass is 19.4. The van der Waals surface area contributed by atoms with Crippen molar-refractivity contribution in [1.82, 2.24) is 20.3 Å². The molecule has 0 saturated heterocycles. The molecule has 7 heteroatoms. The van der Waals surface area contributed by atoms with E-state index < -0.39 is 11.9 Å². The minimum atomic E-state index is -4.43. The summed E-state index contributed by atoms with van der Waals surface area (Å²) < 4.78 is 37.2. The molecule has 2 aromatic heterocycles. The van der Waals surface area contributed by atoms with Crippen LogP contribution in [0.4, 0.5) is 13.2 Å². The molecule has 0 fully saturated rings. The van der Waals surface area contributed by atoms with E-state index in [-0.39, 0.29) is 0 Å². The Hall–Kier alpha value is -2.02. The van der Waals surface area contributed by atoms with E-state index in [0.717, 1.165) is 18.0 Å². The molecule has 0 aliphatic carbocycles. The normalized spacial score (nSPS) is 10.8. The molecular weight excluding hydrogens is 281 g/mol. The van der Waals surface area contributed by atoms with Crippen LogP contribution in [0.2, 0.25) is 0 Å². The van der Waals surface area contributed by atoms with Gasteiger partial charge < -0.3 is 5.32 Å². The van der Waals surface area contributed by atoms with Crippen LogP contribution in [0.5, 0.6) is 0 Å². The zero-order valence-corrected chi connectivity index (χ0v) is 12.1. The highest BCUT2D eigenvalue weighted by molar-refractivity contribution is 5.57. The van der Waals surface area contributed by atoms with Crippen LogP contribution in [0.1, 0.15) is 25.2 Å². The van der Waals surface area contributed by atoms with Gasteiger partial charge in [0.05, 0.1) is 11.4 Å². The van der Waals surface area contributed by atoms with Gasteiger partial charge in [0.1, 0.15) is 12.0 Å². The molecule has 0 unspecified atom stereocenters. The average molecular weight is 298 g/mol. The molecule has 2 aromatic rings. The third-order valence-corrected chi connectivity index (χ3v) is 2.43. The van der Waals surface area contributed by atoms with Gasteiger partial charge in [-0.2, -0.15) is 13.2 Å². The summed E-state index contributed by atoms with van der Waals surface area (Å²) in [5.41, 5.74) is 0.905. The third kappa shape index (κ3) is 4.78. The van der Waals surface area contributed by atoms with Gasteiger partial charge in [0.25, 0.3) is 0 Å². The fraction of sp³-hybridized carbons (Fsp3) is 0.357. The van der Waals surface area contributed by atoms with Crippen LogP contribution in [-0.4, -0.2) is 22.0 Å². The van der Waals surface area contributed by atoms with Gasteiger partial charge in [-0.05, 0) is 25.2 Å². The molecule has 0 amide bonds. The van der Waals surface area contributed by atoms with Crippen LogP contribution < -0.4 is 5.32 Å². The Labute approximate surface area is 121 Å². The molecule has 21 heavy (non-hydrogen) atoms. The van der Waals surface area contributed by atoms with Gasteiger partial charge in [-0.25, -0.2) is 9.97 Å². The van der Waals surface area contributed by atoms with Gasteiger partial charge in [0, 0.05) is 18.3 Å². The molecule has 0 aliphatic rings. The van der Waals surface area contributed by atoms with E-state index in [0.29, 0.717) is 17.8 Å². The molecule has 0 spiro atoms. The van der Waals surface area contributed by atoms with E-state index >= 15 is 0 Å². The Morgan fingerprint density at radius 1 is 1.10 bits per heavy atom. The van der Waals surface area contributed by atoms with Crippen molar-refractivity contribution in [2.75, 3.05) is 7.05 Å². The first-order valence-corrected chi connectivity index (χ1v) is 6.50. The number of hydrogen-bond donors (Lipinski definition) is 1. The fourth-order valence-corrected chi connectivity index (χ4v) is 1.55. The maximum atomic E-state index is 12.4. The minimum absolute atomic E-state index is 0.521. The van der Waals surface area contributed by atoms with Crippen molar-refractivity contribution in [3.05, 3.63) is 42.1 Å². The summed E-state index contributed by atoms with van der Waals surface area (Å²) in [6, 6.07) is 4.00. The number of nitrogens with zero attached hydrogens (tertiary/aromatic N) is 3. The van der Waals surface area contributed by atoms with Crippen LogP contribution in [0.15, 0.2) is 30.7 Å². The fourth-order valence-electron chi connectivity index (χ4n) is 1.55. The monoisotopic (exact) mass is 298 g/mol. The van der Waals surface area contributed by atoms with Crippen molar-refractivity contribution in [3.8, 4) is 11.3 Å². The van der Waals surface area contributed by atoms with E-state index in [2.05, 4.69) is 20.3 Å². The first-order chi connectivity index (χ1) is 10.0. The summed E-state index contributed by atoms with van der Waals surface area (Å²) in [4.78, 5) is 11.5. The summed E-state index contributed by atoms with van der Waals surface area (Å²) in [5.74, 6) is 0. The zero-order valence-electron chi connectivity index (χ0n) is 12.1. The Kier molecular flexibility index (Phi) is 6.23. The Morgan fingerprint density at radius 2 is 1.81 bits per heavy atom. The van der Waals surface area contributed by atoms with Crippen molar-refractivity contribution >= 4 is 0 Å². The lowest BCUT2D eigenvalue weighted by Gasteiger charge is -2.07. The highest BCUT2D eigenvalue weighted by Gasteiger charge is 2.32. The van der Waals surface area contributed by atoms with Crippen molar-refractivity contribution in [2.24, 2.45) is 0 Å². The molecule has 1 N–H and O–H groups in total. The quantitative estimate of drug-likeness (QED) is 0.944. The van der Waals surface area contributed by atoms with Gasteiger partial charge in [0.15, 0.2) is 0 Å². The molecule has 0 aliphatic heterocycles. The molecule has 0 saturated carbocycles. The predicted molar refractivity (Wildman–Crippen MR) is 74.4 cm³/mol. The number of rotatable bonds is 3. The molecule has 2 heterocycles. The Balaban J connectivity index is 0.00000106. The topological polar surface area (TPSA) is 50.7 Å². The number of hydrogen-bond acceptors (Lipinski definition) is 4. The number of nitrogens with one attached hydrogen (secondary N) is 1. The molecule has 114 valence electrons. The lowest BCUT2D eigenvalue weighted by molar-refractivity contribution is -0.141. The largest absolute Gasteiger partial charge is 0.433 e. The second-order valence-electron chi connectivity index (χ2n) is 3.85. The summed E-state index contributed by atoms with van der Waals surface area (Å²) in [6.45, 7) is 4.56. The lowest BCUT2D eigenvalue weighted by atomic mass is 10.1. The maximum Gasteiger partial charge on any atom is 0.433 e. The SMILES string of the molecule is CC.CNCc1cc(-c2ccc(C(F)(F)F)nc2)ncn1. The van der Waals surface area contributed by atoms with Crippen molar-refractivity contribution in [3.63, 3.8) is 0 Å². The molecule has 0 atom stereocenters. The molecule has 0 aromatic carbocycles. The first kappa shape index (κ1) is 17.0. The van der Waals surface area contributed by atoms with Gasteiger partial charge in [-0.1, -0.05) is 13.8 Å². The van der Waals surface area contributed by atoms with Crippen LogP contribution in [0.25, 0.3) is 11.3 Å². The van der Waals surface area contributed by atoms with Gasteiger partial charge in [-0.3, -0.25) is 4.98 Å². The second-order valence-corrected chi connectivity index (χ2v) is 3.85. The maximum absolute atomic E-state index is 12.4. The first-order valence-electron chi connectivity index (χ1n) is 6.50. The van der Waals surface area contributed by atoms with Crippen molar-refractivity contribution in [1.29, 1.82) is 0 Å². The third-order valence-electron chi connectivity index (χ3n) is 2.43. The minimum Gasteiger partial charge on any atom is -0.314 e. The van der Waals surface area contributed by atoms with E-state index in [1.165, 1.54) is 12.4 Å². The molecule has 0 bridgehead atoms.